The van der Waals surface area contributed by atoms with E-state index in [0.29, 0.717) is 11.4 Å². The topological polar surface area (TPSA) is 77.2 Å². The van der Waals surface area contributed by atoms with Crippen LogP contribution in [-0.2, 0) is 16.0 Å². The Morgan fingerprint density at radius 2 is 2.17 bits per heavy atom. The zero-order chi connectivity index (χ0) is 13.0. The second-order valence-corrected chi connectivity index (χ2v) is 4.50. The summed E-state index contributed by atoms with van der Waals surface area (Å²) >= 11 is 1.44. The Hall–Kier alpha value is -2.08. The van der Waals surface area contributed by atoms with Gasteiger partial charge in [-0.15, -0.1) is 11.3 Å². The molecule has 0 fully saturated rings. The molecule has 5 nitrogen and oxygen atoms in total. The molecule has 1 aromatic heterocycles. The first kappa shape index (κ1) is 12.4. The molecule has 0 bridgehead atoms. The predicted octanol–water partition coefficient (Wildman–Crippen LogP) is 2.18. The van der Waals surface area contributed by atoms with Gasteiger partial charge in [0, 0.05) is 16.8 Å². The number of nitrogens with two attached hydrogens (primary N) is 1. The molecule has 18 heavy (non-hydrogen) atoms. The van der Waals surface area contributed by atoms with Crippen molar-refractivity contribution in [2.45, 2.75) is 6.42 Å². The maximum absolute atomic E-state index is 11.1. The van der Waals surface area contributed by atoms with Gasteiger partial charge in [-0.3, -0.25) is 4.79 Å². The Kier molecular flexibility index (Phi) is 3.78. The zero-order valence-corrected chi connectivity index (χ0v) is 10.7. The molecule has 0 aliphatic carbocycles. The van der Waals surface area contributed by atoms with E-state index in [2.05, 4.69) is 15.0 Å². The van der Waals surface area contributed by atoms with E-state index in [1.54, 1.807) is 0 Å². The van der Waals surface area contributed by atoms with Crippen molar-refractivity contribution >= 4 is 33.8 Å². The number of nitrogen functional groups attached to an aromatic ring is 1. The molecule has 0 radical (unpaired) electrons. The monoisotopic (exact) mass is 263 g/mol. The van der Waals surface area contributed by atoms with E-state index < -0.39 is 0 Å². The van der Waals surface area contributed by atoms with Gasteiger partial charge in [0.05, 0.1) is 19.2 Å². The molecule has 3 N–H and O–H groups in total. The average molecular weight is 263 g/mol. The Balaban J connectivity index is 2.02. The highest BCUT2D eigenvalue weighted by molar-refractivity contribution is 7.13. The number of carbonyl (C=O) groups excluding carboxylic acids is 1. The van der Waals surface area contributed by atoms with E-state index in [1.165, 1.54) is 18.4 Å². The number of nitrogens with zero attached hydrogens (tertiary/aromatic N) is 1. The fraction of sp³-hybridized carbons (Fsp3) is 0.167. The van der Waals surface area contributed by atoms with E-state index in [9.17, 15) is 4.79 Å². The molecule has 0 aliphatic heterocycles. The van der Waals surface area contributed by atoms with Crippen LogP contribution in [0.1, 0.15) is 5.69 Å². The first-order valence-electron chi connectivity index (χ1n) is 5.31. The van der Waals surface area contributed by atoms with Crippen LogP contribution >= 0.6 is 11.3 Å². The molecule has 0 atom stereocenters. The molecular weight excluding hydrogens is 250 g/mol. The molecule has 0 spiro atoms. The summed E-state index contributed by atoms with van der Waals surface area (Å²) < 4.78 is 4.59. The zero-order valence-electron chi connectivity index (χ0n) is 9.84. The number of nitrogens with one attached hydrogen (secondary N) is 1. The molecule has 94 valence electrons. The summed E-state index contributed by atoms with van der Waals surface area (Å²) in [5.41, 5.74) is 7.92. The average Bonchev–Trinajstić information content (AvgIpc) is 2.79. The summed E-state index contributed by atoms with van der Waals surface area (Å²) in [7, 11) is 1.36. The Morgan fingerprint density at radius 1 is 1.44 bits per heavy atom. The number of esters is 1. The molecule has 0 saturated heterocycles. The third-order valence-corrected chi connectivity index (χ3v) is 3.07. The van der Waals surface area contributed by atoms with Crippen LogP contribution in [0.4, 0.5) is 16.5 Å². The number of carbonyl (C=O) groups is 1. The maximum atomic E-state index is 11.1. The summed E-state index contributed by atoms with van der Waals surface area (Å²) in [5.74, 6) is -0.292. The molecule has 0 unspecified atom stereocenters. The van der Waals surface area contributed by atoms with Crippen LogP contribution in [0.15, 0.2) is 29.6 Å². The number of methoxy groups -OCH3 is 1. The third-order valence-electron chi connectivity index (χ3n) is 2.27. The van der Waals surface area contributed by atoms with Crippen LogP contribution in [0.5, 0.6) is 0 Å². The van der Waals surface area contributed by atoms with Gasteiger partial charge in [-0.1, -0.05) is 0 Å². The number of ether oxygens (including phenoxy) is 1. The standard InChI is InChI=1S/C12H13N3O2S/c1-17-11(16)6-10-7-18-12(15-10)14-9-4-2-8(13)3-5-9/h2-5,7H,6,13H2,1H3,(H,14,15). The van der Waals surface area contributed by atoms with E-state index >= 15 is 0 Å². The molecule has 0 amide bonds. The van der Waals surface area contributed by atoms with Gasteiger partial charge < -0.3 is 15.8 Å². The smallest absolute Gasteiger partial charge is 0.311 e. The van der Waals surface area contributed by atoms with E-state index in [4.69, 9.17) is 5.73 Å². The van der Waals surface area contributed by atoms with E-state index in [-0.39, 0.29) is 12.4 Å². The molecular formula is C12H13N3O2S. The first-order valence-corrected chi connectivity index (χ1v) is 6.19. The van der Waals surface area contributed by atoms with Gasteiger partial charge in [-0.25, -0.2) is 4.98 Å². The molecule has 0 aliphatic rings. The Bertz CT molecular complexity index is 537. The second kappa shape index (κ2) is 5.50. The van der Waals surface area contributed by atoms with Crippen LogP contribution < -0.4 is 11.1 Å². The van der Waals surface area contributed by atoms with Gasteiger partial charge >= 0.3 is 5.97 Å². The third kappa shape index (κ3) is 3.21. The van der Waals surface area contributed by atoms with Crippen molar-refractivity contribution in [1.82, 2.24) is 4.98 Å². The summed E-state index contributed by atoms with van der Waals surface area (Å²) in [4.78, 5) is 15.4. The molecule has 0 saturated carbocycles. The highest BCUT2D eigenvalue weighted by Crippen LogP contribution is 2.21. The fourth-order valence-corrected chi connectivity index (χ4v) is 2.09. The van der Waals surface area contributed by atoms with Crippen LogP contribution in [-0.4, -0.2) is 18.1 Å². The van der Waals surface area contributed by atoms with Crippen LogP contribution in [0.2, 0.25) is 0 Å². The first-order chi connectivity index (χ1) is 8.67. The Morgan fingerprint density at radius 3 is 2.83 bits per heavy atom. The van der Waals surface area contributed by atoms with Crippen molar-refractivity contribution < 1.29 is 9.53 Å². The van der Waals surface area contributed by atoms with Crippen LogP contribution in [0, 0.1) is 0 Å². The summed E-state index contributed by atoms with van der Waals surface area (Å²) in [5, 5.41) is 5.71. The molecule has 2 rings (SSSR count). The predicted molar refractivity (Wildman–Crippen MR) is 72.0 cm³/mol. The fourth-order valence-electron chi connectivity index (χ4n) is 1.36. The van der Waals surface area contributed by atoms with Crippen LogP contribution in [0.3, 0.4) is 0 Å². The van der Waals surface area contributed by atoms with Crippen molar-refractivity contribution in [3.05, 3.63) is 35.3 Å². The molecule has 1 heterocycles. The number of hydrogen-bond donors (Lipinski definition) is 2. The summed E-state index contributed by atoms with van der Waals surface area (Å²) in [6, 6.07) is 7.37. The lowest BCUT2D eigenvalue weighted by molar-refractivity contribution is -0.139. The van der Waals surface area contributed by atoms with E-state index in [0.717, 1.165) is 10.8 Å². The minimum absolute atomic E-state index is 0.191. The van der Waals surface area contributed by atoms with Gasteiger partial charge in [-0.2, -0.15) is 0 Å². The second-order valence-electron chi connectivity index (χ2n) is 3.64. The van der Waals surface area contributed by atoms with E-state index in [1.807, 2.05) is 29.6 Å². The number of aromatic nitrogens is 1. The number of hydrogen-bond acceptors (Lipinski definition) is 6. The highest BCUT2D eigenvalue weighted by Gasteiger charge is 2.07. The normalized spacial score (nSPS) is 10.1. The van der Waals surface area contributed by atoms with Crippen molar-refractivity contribution in [3.63, 3.8) is 0 Å². The van der Waals surface area contributed by atoms with Crippen molar-refractivity contribution in [2.24, 2.45) is 0 Å². The Labute approximate surface area is 109 Å². The van der Waals surface area contributed by atoms with Crippen LogP contribution in [0.25, 0.3) is 0 Å². The lowest BCUT2D eigenvalue weighted by Gasteiger charge is -2.02. The van der Waals surface area contributed by atoms with Gasteiger partial charge in [0.1, 0.15) is 0 Å². The lowest BCUT2D eigenvalue weighted by Crippen LogP contribution is -2.04. The van der Waals surface area contributed by atoms with Crippen molar-refractivity contribution in [3.8, 4) is 0 Å². The van der Waals surface area contributed by atoms with Gasteiger partial charge in [0.25, 0.3) is 0 Å². The molecule has 1 aromatic carbocycles. The van der Waals surface area contributed by atoms with Gasteiger partial charge in [0.15, 0.2) is 5.13 Å². The maximum Gasteiger partial charge on any atom is 0.311 e. The largest absolute Gasteiger partial charge is 0.469 e. The van der Waals surface area contributed by atoms with Crippen molar-refractivity contribution in [2.75, 3.05) is 18.2 Å². The molecule has 2 aromatic rings. The number of benzene rings is 1. The van der Waals surface area contributed by atoms with Crippen molar-refractivity contribution in [1.29, 1.82) is 0 Å². The van der Waals surface area contributed by atoms with Gasteiger partial charge in [-0.05, 0) is 24.3 Å². The molecule has 6 heteroatoms. The summed E-state index contributed by atoms with van der Waals surface area (Å²) in [6.07, 6.45) is 0.191. The quantitative estimate of drug-likeness (QED) is 0.653. The lowest BCUT2D eigenvalue weighted by atomic mass is 10.3. The number of thiazole rings is 1. The SMILES string of the molecule is COC(=O)Cc1csc(Nc2ccc(N)cc2)n1. The van der Waals surface area contributed by atoms with Gasteiger partial charge in [0.2, 0.25) is 0 Å². The highest BCUT2D eigenvalue weighted by atomic mass is 32.1. The number of rotatable bonds is 4. The number of anilines is 3. The minimum Gasteiger partial charge on any atom is -0.469 e. The summed E-state index contributed by atoms with van der Waals surface area (Å²) in [6.45, 7) is 0. The minimum atomic E-state index is -0.292.